The zero-order valence-corrected chi connectivity index (χ0v) is 12.7. The van der Waals surface area contributed by atoms with Crippen molar-refractivity contribution in [3.63, 3.8) is 0 Å². The maximum absolute atomic E-state index is 5.18. The van der Waals surface area contributed by atoms with Gasteiger partial charge in [-0.15, -0.1) is 0 Å². The summed E-state index contributed by atoms with van der Waals surface area (Å²) >= 11 is 0. The van der Waals surface area contributed by atoms with Gasteiger partial charge in [0.05, 0.1) is 7.11 Å². The van der Waals surface area contributed by atoms with Gasteiger partial charge >= 0.3 is 0 Å². The fourth-order valence-electron chi connectivity index (χ4n) is 2.09. The molecular weight excluding hydrogens is 234 g/mol. The molecular formula is C17H27NO. The molecule has 2 heteroatoms. The quantitative estimate of drug-likeness (QED) is 0.715. The third-order valence-electron chi connectivity index (χ3n) is 3.09. The largest absolute Gasteiger partial charge is 0.497 e. The van der Waals surface area contributed by atoms with Crippen molar-refractivity contribution in [2.75, 3.05) is 13.7 Å². The van der Waals surface area contributed by atoms with E-state index >= 15 is 0 Å². The molecule has 0 fully saturated rings. The molecule has 0 spiro atoms. The first kappa shape index (κ1) is 15.8. The predicted octanol–water partition coefficient (Wildman–Crippen LogP) is 3.96. The second kappa shape index (κ2) is 8.76. The number of nitrogens with one attached hydrogen (secondary N) is 1. The SMILES string of the molecule is CCCNC(C=C(C)C)CCc1ccc(OC)cc1. The third-order valence-corrected chi connectivity index (χ3v) is 3.09. The fraction of sp³-hybridized carbons (Fsp3) is 0.529. The topological polar surface area (TPSA) is 21.3 Å². The molecule has 1 rings (SSSR count). The standard InChI is InChI=1S/C17H27NO/c1-5-12-18-16(13-14(2)3)9-6-15-7-10-17(19-4)11-8-15/h7-8,10-11,13,16,18H,5-6,9,12H2,1-4H3. The number of methoxy groups -OCH3 is 1. The minimum absolute atomic E-state index is 0.479. The maximum atomic E-state index is 5.18. The van der Waals surface area contributed by atoms with Gasteiger partial charge in [0, 0.05) is 6.04 Å². The molecule has 0 radical (unpaired) electrons. The van der Waals surface area contributed by atoms with E-state index in [1.165, 1.54) is 17.6 Å². The first-order valence-corrected chi connectivity index (χ1v) is 7.17. The van der Waals surface area contributed by atoms with E-state index in [1.54, 1.807) is 7.11 Å². The lowest BCUT2D eigenvalue weighted by molar-refractivity contribution is 0.414. The number of ether oxygens (including phenoxy) is 1. The molecule has 19 heavy (non-hydrogen) atoms. The smallest absolute Gasteiger partial charge is 0.118 e. The highest BCUT2D eigenvalue weighted by Crippen LogP contribution is 2.14. The van der Waals surface area contributed by atoms with Crippen molar-refractivity contribution in [3.8, 4) is 5.75 Å². The maximum Gasteiger partial charge on any atom is 0.118 e. The van der Waals surface area contributed by atoms with E-state index in [0.29, 0.717) is 6.04 Å². The van der Waals surface area contributed by atoms with Gasteiger partial charge in [-0.2, -0.15) is 0 Å². The van der Waals surface area contributed by atoms with Crippen LogP contribution in [0.15, 0.2) is 35.9 Å². The number of hydrogen-bond acceptors (Lipinski definition) is 2. The number of rotatable bonds is 8. The molecule has 0 saturated heterocycles. The third kappa shape index (κ3) is 6.44. The summed E-state index contributed by atoms with van der Waals surface area (Å²) in [5.74, 6) is 0.925. The Morgan fingerprint density at radius 2 is 1.95 bits per heavy atom. The molecule has 0 aliphatic heterocycles. The minimum atomic E-state index is 0.479. The number of allylic oxidation sites excluding steroid dienone is 1. The molecule has 0 bridgehead atoms. The van der Waals surface area contributed by atoms with Crippen LogP contribution in [0.1, 0.15) is 39.2 Å². The van der Waals surface area contributed by atoms with Crippen molar-refractivity contribution < 1.29 is 4.74 Å². The average molecular weight is 261 g/mol. The van der Waals surface area contributed by atoms with E-state index < -0.39 is 0 Å². The van der Waals surface area contributed by atoms with Crippen LogP contribution in [0, 0.1) is 0 Å². The first-order valence-electron chi connectivity index (χ1n) is 7.17. The molecule has 1 atom stereocenters. The normalized spacial score (nSPS) is 12.0. The highest BCUT2D eigenvalue weighted by atomic mass is 16.5. The Morgan fingerprint density at radius 1 is 1.26 bits per heavy atom. The Hall–Kier alpha value is -1.28. The lowest BCUT2D eigenvalue weighted by Crippen LogP contribution is -2.28. The van der Waals surface area contributed by atoms with Gasteiger partial charge in [-0.25, -0.2) is 0 Å². The van der Waals surface area contributed by atoms with Crippen molar-refractivity contribution in [1.29, 1.82) is 0 Å². The number of hydrogen-bond donors (Lipinski definition) is 1. The van der Waals surface area contributed by atoms with Gasteiger partial charge in [0.1, 0.15) is 5.75 Å². The molecule has 1 aromatic rings. The van der Waals surface area contributed by atoms with E-state index in [4.69, 9.17) is 4.74 Å². The fourth-order valence-corrected chi connectivity index (χ4v) is 2.09. The molecule has 0 aromatic heterocycles. The summed E-state index contributed by atoms with van der Waals surface area (Å²) in [6, 6.07) is 8.85. The van der Waals surface area contributed by atoms with Crippen LogP contribution in [-0.4, -0.2) is 19.7 Å². The molecule has 0 heterocycles. The van der Waals surface area contributed by atoms with Crippen LogP contribution in [0.3, 0.4) is 0 Å². The van der Waals surface area contributed by atoms with Gasteiger partial charge in [0.2, 0.25) is 0 Å². The van der Waals surface area contributed by atoms with E-state index in [2.05, 4.69) is 44.3 Å². The summed E-state index contributed by atoms with van der Waals surface area (Å²) in [7, 11) is 1.70. The van der Waals surface area contributed by atoms with Crippen molar-refractivity contribution >= 4 is 0 Å². The van der Waals surface area contributed by atoms with Gasteiger partial charge in [0.15, 0.2) is 0 Å². The van der Waals surface area contributed by atoms with Gasteiger partial charge in [-0.1, -0.05) is 30.7 Å². The summed E-state index contributed by atoms with van der Waals surface area (Å²) in [4.78, 5) is 0. The first-order chi connectivity index (χ1) is 9.15. The van der Waals surface area contributed by atoms with Crippen molar-refractivity contribution in [3.05, 3.63) is 41.5 Å². The molecule has 0 aliphatic carbocycles. The molecule has 0 amide bonds. The molecule has 106 valence electrons. The molecule has 2 nitrogen and oxygen atoms in total. The molecule has 0 aliphatic rings. The van der Waals surface area contributed by atoms with E-state index in [9.17, 15) is 0 Å². The second-order valence-electron chi connectivity index (χ2n) is 5.19. The van der Waals surface area contributed by atoms with Crippen LogP contribution in [0.4, 0.5) is 0 Å². The Labute approximate surface area is 117 Å². The molecule has 0 saturated carbocycles. The van der Waals surface area contributed by atoms with Crippen molar-refractivity contribution in [1.82, 2.24) is 5.32 Å². The van der Waals surface area contributed by atoms with Crippen LogP contribution in [-0.2, 0) is 6.42 Å². The summed E-state index contributed by atoms with van der Waals surface area (Å²) in [6.07, 6.45) is 5.74. The average Bonchev–Trinajstić information content (AvgIpc) is 2.42. The zero-order chi connectivity index (χ0) is 14.1. The van der Waals surface area contributed by atoms with Gasteiger partial charge in [0.25, 0.3) is 0 Å². The summed E-state index contributed by atoms with van der Waals surface area (Å²) in [5, 5.41) is 3.59. The highest BCUT2D eigenvalue weighted by Gasteiger charge is 2.05. The van der Waals surface area contributed by atoms with E-state index in [-0.39, 0.29) is 0 Å². The lowest BCUT2D eigenvalue weighted by Gasteiger charge is -2.15. The van der Waals surface area contributed by atoms with Crippen molar-refractivity contribution in [2.24, 2.45) is 0 Å². The molecule has 1 unspecified atom stereocenters. The monoisotopic (exact) mass is 261 g/mol. The highest BCUT2D eigenvalue weighted by molar-refractivity contribution is 5.27. The number of aryl methyl sites for hydroxylation is 1. The summed E-state index contributed by atoms with van der Waals surface area (Å²) in [6.45, 7) is 7.61. The Balaban J connectivity index is 2.51. The molecule has 1 N–H and O–H groups in total. The predicted molar refractivity (Wildman–Crippen MR) is 82.8 cm³/mol. The second-order valence-corrected chi connectivity index (χ2v) is 5.19. The van der Waals surface area contributed by atoms with Crippen LogP contribution < -0.4 is 10.1 Å². The van der Waals surface area contributed by atoms with Gasteiger partial charge in [-0.3, -0.25) is 0 Å². The van der Waals surface area contributed by atoms with Crippen LogP contribution in [0.5, 0.6) is 5.75 Å². The Kier molecular flexibility index (Phi) is 7.27. The van der Waals surface area contributed by atoms with Crippen molar-refractivity contribution in [2.45, 2.75) is 46.1 Å². The van der Waals surface area contributed by atoms with Gasteiger partial charge in [-0.05, 0) is 57.4 Å². The van der Waals surface area contributed by atoms with Gasteiger partial charge < -0.3 is 10.1 Å². The Morgan fingerprint density at radius 3 is 2.47 bits per heavy atom. The summed E-state index contributed by atoms with van der Waals surface area (Å²) in [5.41, 5.74) is 2.74. The zero-order valence-electron chi connectivity index (χ0n) is 12.7. The van der Waals surface area contributed by atoms with Crippen LogP contribution >= 0.6 is 0 Å². The van der Waals surface area contributed by atoms with E-state index in [0.717, 1.165) is 25.1 Å². The van der Waals surface area contributed by atoms with Crippen LogP contribution in [0.25, 0.3) is 0 Å². The molecule has 1 aromatic carbocycles. The lowest BCUT2D eigenvalue weighted by atomic mass is 10.0. The minimum Gasteiger partial charge on any atom is -0.497 e. The van der Waals surface area contributed by atoms with E-state index in [1.807, 2.05) is 12.1 Å². The van der Waals surface area contributed by atoms with Crippen LogP contribution in [0.2, 0.25) is 0 Å². The number of benzene rings is 1. The summed E-state index contributed by atoms with van der Waals surface area (Å²) < 4.78 is 5.18. The Bertz CT molecular complexity index is 377.